The maximum Gasteiger partial charge on any atom is 0.129 e. The van der Waals surface area contributed by atoms with Crippen LogP contribution in [0.3, 0.4) is 0 Å². The summed E-state index contributed by atoms with van der Waals surface area (Å²) in [6, 6.07) is 6.01. The summed E-state index contributed by atoms with van der Waals surface area (Å²) in [4.78, 5) is 6.50. The van der Waals surface area contributed by atoms with E-state index in [1.807, 2.05) is 6.07 Å². The fourth-order valence-corrected chi connectivity index (χ4v) is 2.63. The first kappa shape index (κ1) is 8.99. The molecule has 15 heavy (non-hydrogen) atoms. The van der Waals surface area contributed by atoms with Crippen LogP contribution in [-0.4, -0.2) is 18.1 Å². The van der Waals surface area contributed by atoms with Crippen molar-refractivity contribution in [3.8, 4) is 6.07 Å². The summed E-state index contributed by atoms with van der Waals surface area (Å²) in [7, 11) is 0. The molecule has 2 fully saturated rings. The topological polar surface area (TPSA) is 39.9 Å². The van der Waals surface area contributed by atoms with Crippen molar-refractivity contribution in [2.24, 2.45) is 17.8 Å². The minimum absolute atomic E-state index is 0.292. The molecule has 1 aromatic heterocycles. The molecule has 76 valence electrons. The summed E-state index contributed by atoms with van der Waals surface area (Å²) < 4.78 is 0. The number of rotatable bonds is 1. The number of fused-ring (bicyclic) bond motifs is 1. The van der Waals surface area contributed by atoms with Gasteiger partial charge in [-0.2, -0.15) is 5.26 Å². The first-order valence-corrected chi connectivity index (χ1v) is 5.43. The first-order valence-electron chi connectivity index (χ1n) is 5.05. The van der Waals surface area contributed by atoms with E-state index in [2.05, 4.69) is 16.0 Å². The molecule has 0 spiro atoms. The molecule has 1 unspecified atom stereocenters. The molecule has 3 rings (SSSR count). The predicted octanol–water partition coefficient (Wildman–Crippen LogP) is 1.94. The SMILES string of the molecule is N#CC1[C@H]2CN(c3cc(Cl)ccn3)C[C@@H]12. The van der Waals surface area contributed by atoms with Crippen LogP contribution in [-0.2, 0) is 0 Å². The summed E-state index contributed by atoms with van der Waals surface area (Å²) >= 11 is 5.91. The van der Waals surface area contributed by atoms with Crippen LogP contribution >= 0.6 is 11.6 Å². The monoisotopic (exact) mass is 219 g/mol. The van der Waals surface area contributed by atoms with E-state index in [1.165, 1.54) is 0 Å². The normalized spacial score (nSPS) is 32.3. The molecule has 0 N–H and O–H groups in total. The Balaban J connectivity index is 1.75. The van der Waals surface area contributed by atoms with Crippen LogP contribution in [0.25, 0.3) is 0 Å². The van der Waals surface area contributed by atoms with E-state index < -0.39 is 0 Å². The Kier molecular flexibility index (Phi) is 1.86. The zero-order valence-electron chi connectivity index (χ0n) is 8.10. The third kappa shape index (κ3) is 1.37. The summed E-state index contributed by atoms with van der Waals surface area (Å²) in [6.07, 6.45) is 1.73. The highest BCUT2D eigenvalue weighted by molar-refractivity contribution is 6.30. The van der Waals surface area contributed by atoms with Crippen molar-refractivity contribution in [3.05, 3.63) is 23.4 Å². The van der Waals surface area contributed by atoms with Gasteiger partial charge < -0.3 is 4.90 Å². The summed E-state index contributed by atoms with van der Waals surface area (Å²) in [5.41, 5.74) is 0. The second-order valence-corrected chi connectivity index (χ2v) is 4.66. The van der Waals surface area contributed by atoms with Crippen molar-refractivity contribution in [2.45, 2.75) is 0 Å². The Morgan fingerprint density at radius 2 is 2.20 bits per heavy atom. The van der Waals surface area contributed by atoms with Gasteiger partial charge in [0, 0.05) is 24.3 Å². The highest BCUT2D eigenvalue weighted by Gasteiger charge is 2.56. The number of halogens is 1. The number of hydrogen-bond acceptors (Lipinski definition) is 3. The molecule has 3 atom stereocenters. The minimum atomic E-state index is 0.292. The van der Waals surface area contributed by atoms with Gasteiger partial charge in [-0.1, -0.05) is 11.6 Å². The number of aromatic nitrogens is 1. The van der Waals surface area contributed by atoms with Gasteiger partial charge in [0.25, 0.3) is 0 Å². The van der Waals surface area contributed by atoms with Crippen LogP contribution in [0, 0.1) is 29.1 Å². The standard InChI is InChI=1S/C11H10ClN3/c12-7-1-2-14-11(3-7)15-5-9-8(4-13)10(9)6-15/h1-3,8-10H,5-6H2/t8?,9-,10+. The molecule has 0 aromatic carbocycles. The maximum atomic E-state index is 8.81. The van der Waals surface area contributed by atoms with Gasteiger partial charge in [-0.3, -0.25) is 0 Å². The molecule has 1 saturated carbocycles. The van der Waals surface area contributed by atoms with Gasteiger partial charge in [0.1, 0.15) is 5.82 Å². The molecule has 4 heteroatoms. The molecule has 1 saturated heterocycles. The first-order chi connectivity index (χ1) is 7.29. The predicted molar refractivity (Wildman–Crippen MR) is 57.5 cm³/mol. The minimum Gasteiger partial charge on any atom is -0.356 e. The van der Waals surface area contributed by atoms with Gasteiger partial charge in [-0.25, -0.2) is 4.98 Å². The highest BCUT2D eigenvalue weighted by Crippen LogP contribution is 2.51. The molecule has 1 aliphatic carbocycles. The van der Waals surface area contributed by atoms with Gasteiger partial charge in [0.15, 0.2) is 0 Å². The molecular weight excluding hydrogens is 210 g/mol. The molecule has 0 amide bonds. The number of nitrogens with zero attached hydrogens (tertiary/aromatic N) is 3. The van der Waals surface area contributed by atoms with Crippen LogP contribution in [0.2, 0.25) is 5.02 Å². The van der Waals surface area contributed by atoms with Gasteiger partial charge in [-0.05, 0) is 24.0 Å². The van der Waals surface area contributed by atoms with Crippen LogP contribution in [0.15, 0.2) is 18.3 Å². The lowest BCUT2D eigenvalue weighted by atomic mass is 10.3. The number of anilines is 1. The van der Waals surface area contributed by atoms with E-state index in [-0.39, 0.29) is 0 Å². The zero-order chi connectivity index (χ0) is 10.4. The van der Waals surface area contributed by atoms with Gasteiger partial charge in [0.2, 0.25) is 0 Å². The van der Waals surface area contributed by atoms with Crippen molar-refractivity contribution in [3.63, 3.8) is 0 Å². The number of nitriles is 1. The zero-order valence-corrected chi connectivity index (χ0v) is 8.85. The van der Waals surface area contributed by atoms with E-state index in [0.29, 0.717) is 17.8 Å². The summed E-state index contributed by atoms with van der Waals surface area (Å²) in [5.74, 6) is 2.36. The van der Waals surface area contributed by atoms with Crippen LogP contribution in [0.4, 0.5) is 5.82 Å². The maximum absolute atomic E-state index is 8.81. The lowest BCUT2D eigenvalue weighted by molar-refractivity contribution is 0.736. The Hall–Kier alpha value is -1.27. The smallest absolute Gasteiger partial charge is 0.129 e. The quantitative estimate of drug-likeness (QED) is 0.725. The van der Waals surface area contributed by atoms with E-state index in [9.17, 15) is 0 Å². The van der Waals surface area contributed by atoms with Crippen LogP contribution < -0.4 is 4.90 Å². The Morgan fingerprint density at radius 3 is 2.80 bits per heavy atom. The van der Waals surface area contributed by atoms with Crippen molar-refractivity contribution >= 4 is 17.4 Å². The van der Waals surface area contributed by atoms with Gasteiger partial charge in [-0.15, -0.1) is 0 Å². The molecular formula is C11H10ClN3. The molecule has 2 aliphatic rings. The molecule has 0 bridgehead atoms. The van der Waals surface area contributed by atoms with Gasteiger partial charge >= 0.3 is 0 Å². The van der Waals surface area contributed by atoms with Crippen LogP contribution in [0.1, 0.15) is 0 Å². The number of pyridine rings is 1. The largest absolute Gasteiger partial charge is 0.356 e. The molecule has 0 radical (unpaired) electrons. The van der Waals surface area contributed by atoms with Gasteiger partial charge in [0.05, 0.1) is 12.0 Å². The van der Waals surface area contributed by atoms with Crippen LogP contribution in [0.5, 0.6) is 0 Å². The molecule has 2 heterocycles. The second-order valence-electron chi connectivity index (χ2n) is 4.22. The second kappa shape index (κ2) is 3.11. The fraction of sp³-hybridized carbons (Fsp3) is 0.455. The van der Waals surface area contributed by atoms with Crippen molar-refractivity contribution in [1.29, 1.82) is 5.26 Å². The lowest BCUT2D eigenvalue weighted by Crippen LogP contribution is -2.24. The Morgan fingerprint density at radius 1 is 1.47 bits per heavy atom. The third-order valence-corrected chi connectivity index (χ3v) is 3.61. The fourth-order valence-electron chi connectivity index (χ4n) is 2.47. The highest BCUT2D eigenvalue weighted by atomic mass is 35.5. The average molecular weight is 220 g/mol. The third-order valence-electron chi connectivity index (χ3n) is 3.37. The number of piperidine rings is 1. The average Bonchev–Trinajstić information content (AvgIpc) is 2.70. The van der Waals surface area contributed by atoms with Crippen molar-refractivity contribution in [2.75, 3.05) is 18.0 Å². The summed E-state index contributed by atoms with van der Waals surface area (Å²) in [6.45, 7) is 1.91. The van der Waals surface area contributed by atoms with Crippen molar-refractivity contribution < 1.29 is 0 Å². The van der Waals surface area contributed by atoms with Crippen molar-refractivity contribution in [1.82, 2.24) is 4.98 Å². The van der Waals surface area contributed by atoms with E-state index >= 15 is 0 Å². The Bertz CT molecular complexity index is 428. The number of hydrogen-bond donors (Lipinski definition) is 0. The molecule has 1 aliphatic heterocycles. The lowest BCUT2D eigenvalue weighted by Gasteiger charge is -2.19. The van der Waals surface area contributed by atoms with E-state index in [0.717, 1.165) is 23.9 Å². The van der Waals surface area contributed by atoms with E-state index in [1.54, 1.807) is 12.3 Å². The molecule has 1 aromatic rings. The Labute approximate surface area is 93.3 Å². The summed E-state index contributed by atoms with van der Waals surface area (Å²) in [5, 5.41) is 9.53. The van der Waals surface area contributed by atoms with E-state index in [4.69, 9.17) is 16.9 Å². The molecule has 3 nitrogen and oxygen atoms in total.